The molecule has 4 rings (SSSR count). The Labute approximate surface area is 217 Å². The molecule has 196 valence electrons. The molecule has 1 atom stereocenters. The standard InChI is InChI=1S/C29H36N4O4/c1-3-32(4-2)29(35)37-18-17-33(16-15-23-20-30-26-8-6-5-7-24(23)26)27-13-11-22-19-21(9-12-25(22)27)10-14-28(34)31-36/h5-10,12,14,19-20,27,30,36H,3-4,11,13,15-18H2,1-2H3,(H,31,34)/b14-10+. The zero-order chi connectivity index (χ0) is 26.2. The predicted octanol–water partition coefficient (Wildman–Crippen LogP) is 4.70. The molecule has 0 saturated carbocycles. The van der Waals surface area contributed by atoms with Crippen molar-refractivity contribution < 1.29 is 19.5 Å². The number of carbonyl (C=O) groups is 2. The predicted molar refractivity (Wildman–Crippen MR) is 144 cm³/mol. The fraction of sp³-hybridized carbons (Fsp3) is 0.379. The number of ether oxygens (including phenoxy) is 1. The Balaban J connectivity index is 1.49. The molecule has 3 aromatic rings. The van der Waals surface area contributed by atoms with E-state index < -0.39 is 5.91 Å². The van der Waals surface area contributed by atoms with Crippen molar-refractivity contribution >= 4 is 29.0 Å². The zero-order valence-corrected chi connectivity index (χ0v) is 21.6. The molecule has 8 nitrogen and oxygen atoms in total. The van der Waals surface area contributed by atoms with Gasteiger partial charge in [-0.15, -0.1) is 0 Å². The smallest absolute Gasteiger partial charge is 0.409 e. The summed E-state index contributed by atoms with van der Waals surface area (Å²) in [6, 6.07) is 14.8. The fourth-order valence-corrected chi connectivity index (χ4v) is 5.16. The van der Waals surface area contributed by atoms with E-state index in [-0.39, 0.29) is 12.1 Å². The van der Waals surface area contributed by atoms with Crippen molar-refractivity contribution in [1.82, 2.24) is 20.3 Å². The maximum atomic E-state index is 12.4. The number of amides is 2. The van der Waals surface area contributed by atoms with Gasteiger partial charge in [0.1, 0.15) is 6.61 Å². The van der Waals surface area contributed by atoms with Gasteiger partial charge < -0.3 is 14.6 Å². The van der Waals surface area contributed by atoms with Crippen molar-refractivity contribution in [3.63, 3.8) is 0 Å². The van der Waals surface area contributed by atoms with E-state index in [1.54, 1.807) is 16.5 Å². The number of aromatic nitrogens is 1. The first-order valence-electron chi connectivity index (χ1n) is 13.0. The number of H-pyrrole nitrogens is 1. The number of nitrogens with one attached hydrogen (secondary N) is 2. The van der Waals surface area contributed by atoms with Crippen LogP contribution >= 0.6 is 0 Å². The van der Waals surface area contributed by atoms with Gasteiger partial charge in [-0.05, 0) is 67.5 Å². The van der Waals surface area contributed by atoms with Crippen LogP contribution < -0.4 is 5.48 Å². The highest BCUT2D eigenvalue weighted by Gasteiger charge is 2.28. The zero-order valence-electron chi connectivity index (χ0n) is 21.6. The number of carbonyl (C=O) groups excluding carboxylic acids is 2. The molecular formula is C29H36N4O4. The third-order valence-electron chi connectivity index (χ3n) is 7.16. The molecule has 0 saturated heterocycles. The summed E-state index contributed by atoms with van der Waals surface area (Å²) in [7, 11) is 0. The topological polar surface area (TPSA) is 97.9 Å². The average molecular weight is 505 g/mol. The van der Waals surface area contributed by atoms with E-state index in [1.807, 2.05) is 26.0 Å². The molecule has 2 amide bonds. The quantitative estimate of drug-likeness (QED) is 0.200. The monoisotopic (exact) mass is 504 g/mol. The molecule has 0 fully saturated rings. The van der Waals surface area contributed by atoms with Crippen molar-refractivity contribution in [2.24, 2.45) is 0 Å². The van der Waals surface area contributed by atoms with E-state index in [1.165, 1.54) is 28.2 Å². The SMILES string of the molecule is CCN(CC)C(=O)OCCN(CCc1c[nH]c2ccccc12)C1CCc2cc(/C=C/C(=O)NO)ccc21. The van der Waals surface area contributed by atoms with Gasteiger partial charge in [0, 0.05) is 55.4 Å². The largest absolute Gasteiger partial charge is 0.448 e. The Hall–Kier alpha value is -3.62. The summed E-state index contributed by atoms with van der Waals surface area (Å²) in [5.41, 5.74) is 7.48. The number of hydroxylamine groups is 1. The normalized spacial score (nSPS) is 14.9. The minimum atomic E-state index is -0.555. The number of aromatic amines is 1. The number of rotatable bonds is 11. The Morgan fingerprint density at radius 1 is 1.16 bits per heavy atom. The summed E-state index contributed by atoms with van der Waals surface area (Å²) in [5, 5.41) is 9.95. The highest BCUT2D eigenvalue weighted by Crippen LogP contribution is 2.36. The van der Waals surface area contributed by atoms with E-state index in [0.717, 1.165) is 36.9 Å². The highest BCUT2D eigenvalue weighted by molar-refractivity contribution is 5.90. The van der Waals surface area contributed by atoms with Crippen molar-refractivity contribution in [2.45, 2.75) is 39.2 Å². The van der Waals surface area contributed by atoms with Crippen molar-refractivity contribution in [1.29, 1.82) is 0 Å². The van der Waals surface area contributed by atoms with E-state index in [0.29, 0.717) is 26.2 Å². The first-order chi connectivity index (χ1) is 18.0. The summed E-state index contributed by atoms with van der Waals surface area (Å²) in [4.78, 5) is 31.2. The molecule has 0 aliphatic heterocycles. The summed E-state index contributed by atoms with van der Waals surface area (Å²) in [5.74, 6) is -0.555. The second kappa shape index (κ2) is 12.6. The van der Waals surface area contributed by atoms with Crippen LogP contribution in [0.5, 0.6) is 0 Å². The molecule has 2 aromatic carbocycles. The molecular weight excluding hydrogens is 468 g/mol. The first-order valence-corrected chi connectivity index (χ1v) is 13.0. The van der Waals surface area contributed by atoms with Gasteiger partial charge in [0.15, 0.2) is 0 Å². The molecule has 0 radical (unpaired) electrons. The van der Waals surface area contributed by atoms with Crippen LogP contribution in [-0.4, -0.2) is 64.8 Å². The van der Waals surface area contributed by atoms with Crippen LogP contribution in [0.4, 0.5) is 4.79 Å². The molecule has 0 bridgehead atoms. The lowest BCUT2D eigenvalue weighted by Gasteiger charge is -2.30. The molecule has 8 heteroatoms. The second-order valence-corrected chi connectivity index (χ2v) is 9.25. The maximum absolute atomic E-state index is 12.4. The average Bonchev–Trinajstić information content (AvgIpc) is 3.54. The number of fused-ring (bicyclic) bond motifs is 2. The molecule has 1 aliphatic rings. The molecule has 1 heterocycles. The van der Waals surface area contributed by atoms with Gasteiger partial charge in [-0.3, -0.25) is 14.9 Å². The van der Waals surface area contributed by atoms with E-state index >= 15 is 0 Å². The van der Waals surface area contributed by atoms with Gasteiger partial charge in [0.2, 0.25) is 0 Å². The molecule has 1 unspecified atom stereocenters. The number of para-hydroxylation sites is 1. The summed E-state index contributed by atoms with van der Waals surface area (Å²) in [6.07, 6.45) is 7.64. The Bertz CT molecular complexity index is 1250. The number of hydrogen-bond acceptors (Lipinski definition) is 5. The Morgan fingerprint density at radius 2 is 1.97 bits per heavy atom. The van der Waals surface area contributed by atoms with Crippen molar-refractivity contribution in [3.05, 3.63) is 77.0 Å². The third-order valence-corrected chi connectivity index (χ3v) is 7.16. The van der Waals surface area contributed by atoms with E-state index in [2.05, 4.69) is 46.4 Å². The number of hydrogen-bond donors (Lipinski definition) is 3. The van der Waals surface area contributed by atoms with Crippen LogP contribution in [0.3, 0.4) is 0 Å². The minimum Gasteiger partial charge on any atom is -0.448 e. The summed E-state index contributed by atoms with van der Waals surface area (Å²) in [6.45, 7) is 7.00. The number of aryl methyl sites for hydroxylation is 1. The van der Waals surface area contributed by atoms with E-state index in [9.17, 15) is 9.59 Å². The molecule has 3 N–H and O–H groups in total. The molecule has 37 heavy (non-hydrogen) atoms. The second-order valence-electron chi connectivity index (χ2n) is 9.25. The summed E-state index contributed by atoms with van der Waals surface area (Å²) >= 11 is 0. The fourth-order valence-electron chi connectivity index (χ4n) is 5.16. The lowest BCUT2D eigenvalue weighted by atomic mass is 10.0. The van der Waals surface area contributed by atoms with Crippen LogP contribution in [0.2, 0.25) is 0 Å². The van der Waals surface area contributed by atoms with Gasteiger partial charge >= 0.3 is 6.09 Å². The minimum absolute atomic E-state index is 0.228. The van der Waals surface area contributed by atoms with Crippen LogP contribution in [0.25, 0.3) is 17.0 Å². The van der Waals surface area contributed by atoms with Crippen LogP contribution in [0.15, 0.2) is 54.7 Å². The van der Waals surface area contributed by atoms with Crippen molar-refractivity contribution in [2.75, 3.05) is 32.8 Å². The summed E-state index contributed by atoms with van der Waals surface area (Å²) < 4.78 is 5.63. The van der Waals surface area contributed by atoms with Gasteiger partial charge in [-0.2, -0.15) is 0 Å². The van der Waals surface area contributed by atoms with Gasteiger partial charge in [-0.1, -0.05) is 36.4 Å². The number of benzene rings is 2. The molecule has 1 aliphatic carbocycles. The van der Waals surface area contributed by atoms with Gasteiger partial charge in [-0.25, -0.2) is 10.3 Å². The maximum Gasteiger partial charge on any atom is 0.409 e. The first kappa shape index (κ1) is 26.4. The highest BCUT2D eigenvalue weighted by atomic mass is 16.6. The Kier molecular flexibility index (Phi) is 8.98. The number of nitrogens with zero attached hydrogens (tertiary/aromatic N) is 2. The lowest BCUT2D eigenvalue weighted by molar-refractivity contribution is -0.124. The van der Waals surface area contributed by atoms with Crippen LogP contribution in [-0.2, 0) is 22.4 Å². The van der Waals surface area contributed by atoms with E-state index in [4.69, 9.17) is 9.94 Å². The third kappa shape index (κ3) is 6.39. The Morgan fingerprint density at radius 3 is 2.76 bits per heavy atom. The van der Waals surface area contributed by atoms with Crippen LogP contribution in [0, 0.1) is 0 Å². The van der Waals surface area contributed by atoms with Crippen molar-refractivity contribution in [3.8, 4) is 0 Å². The molecule has 0 spiro atoms. The van der Waals surface area contributed by atoms with Crippen LogP contribution in [0.1, 0.15) is 48.6 Å². The lowest BCUT2D eigenvalue weighted by Crippen LogP contribution is -2.36. The van der Waals surface area contributed by atoms with Gasteiger partial charge in [0.05, 0.1) is 0 Å². The molecule has 1 aromatic heterocycles. The van der Waals surface area contributed by atoms with Gasteiger partial charge in [0.25, 0.3) is 5.91 Å².